The average molecular weight is 302 g/mol. The highest BCUT2D eigenvalue weighted by Crippen LogP contribution is 2.33. The Morgan fingerprint density at radius 3 is 2.65 bits per heavy atom. The fourth-order valence-corrected chi connectivity index (χ4v) is 3.39. The van der Waals surface area contributed by atoms with E-state index in [1.54, 1.807) is 6.20 Å². The zero-order chi connectivity index (χ0) is 15.8. The number of rotatable bonds is 2. The van der Waals surface area contributed by atoms with E-state index in [0.717, 1.165) is 23.4 Å². The molecule has 0 N–H and O–H groups in total. The number of ketones is 1. The molecule has 0 saturated heterocycles. The summed E-state index contributed by atoms with van der Waals surface area (Å²) in [7, 11) is 0. The van der Waals surface area contributed by atoms with E-state index in [9.17, 15) is 4.79 Å². The third-order valence-corrected chi connectivity index (χ3v) is 4.56. The fraction of sp³-hybridized carbons (Fsp3) is 0.200. The molecular weight excluding hydrogens is 284 g/mol. The summed E-state index contributed by atoms with van der Waals surface area (Å²) in [6.45, 7) is 2.09. The Hall–Kier alpha value is -2.68. The topological polar surface area (TPSA) is 34.9 Å². The molecule has 2 aromatic carbocycles. The molecule has 3 heteroatoms. The Morgan fingerprint density at radius 1 is 1.04 bits per heavy atom. The quantitative estimate of drug-likeness (QED) is 0.714. The highest BCUT2D eigenvalue weighted by atomic mass is 16.1. The molecule has 0 unspecified atom stereocenters. The second-order valence-corrected chi connectivity index (χ2v) is 6.19. The molecule has 0 saturated carbocycles. The van der Waals surface area contributed by atoms with E-state index in [4.69, 9.17) is 0 Å². The largest absolute Gasteiger partial charge is 0.294 e. The smallest absolute Gasteiger partial charge is 0.166 e. The Bertz CT molecular complexity index is 864. The van der Waals surface area contributed by atoms with Gasteiger partial charge < -0.3 is 0 Å². The summed E-state index contributed by atoms with van der Waals surface area (Å²) < 4.78 is 1.91. The third-order valence-electron chi connectivity index (χ3n) is 4.56. The Labute approximate surface area is 135 Å². The van der Waals surface area contributed by atoms with Crippen LogP contribution in [0.2, 0.25) is 0 Å². The lowest BCUT2D eigenvalue weighted by Crippen LogP contribution is -2.20. The molecule has 3 aromatic rings. The number of hydrogen-bond acceptors (Lipinski definition) is 2. The zero-order valence-corrected chi connectivity index (χ0v) is 13.1. The van der Waals surface area contributed by atoms with Gasteiger partial charge in [0.15, 0.2) is 5.78 Å². The van der Waals surface area contributed by atoms with Crippen LogP contribution in [0.15, 0.2) is 60.8 Å². The average Bonchev–Trinajstić information content (AvgIpc) is 3.00. The van der Waals surface area contributed by atoms with Crippen molar-refractivity contribution in [1.29, 1.82) is 0 Å². The van der Waals surface area contributed by atoms with Gasteiger partial charge in [-0.15, -0.1) is 0 Å². The number of carbonyl (C=O) groups is 1. The predicted octanol–water partition coefficient (Wildman–Crippen LogP) is 4.09. The monoisotopic (exact) mass is 302 g/mol. The van der Waals surface area contributed by atoms with E-state index in [0.29, 0.717) is 6.42 Å². The molecular formula is C20H18N2O. The first-order chi connectivity index (χ1) is 11.2. The van der Waals surface area contributed by atoms with E-state index in [2.05, 4.69) is 36.3 Å². The van der Waals surface area contributed by atoms with Gasteiger partial charge in [0.25, 0.3) is 0 Å². The van der Waals surface area contributed by atoms with E-state index in [1.165, 1.54) is 11.1 Å². The normalized spacial score (nSPS) is 17.1. The molecule has 1 aliphatic carbocycles. The first kappa shape index (κ1) is 13.9. The van der Waals surface area contributed by atoms with Crippen molar-refractivity contribution in [2.75, 3.05) is 0 Å². The van der Waals surface area contributed by atoms with Crippen LogP contribution < -0.4 is 0 Å². The van der Waals surface area contributed by atoms with Gasteiger partial charge in [-0.05, 0) is 37.0 Å². The van der Waals surface area contributed by atoms with Crippen molar-refractivity contribution in [2.24, 2.45) is 0 Å². The molecule has 1 aliphatic rings. The highest BCUT2D eigenvalue weighted by Gasteiger charge is 2.30. The van der Waals surface area contributed by atoms with Crippen LogP contribution in [-0.4, -0.2) is 15.6 Å². The van der Waals surface area contributed by atoms with Gasteiger partial charge in [0, 0.05) is 6.42 Å². The van der Waals surface area contributed by atoms with E-state index < -0.39 is 0 Å². The van der Waals surface area contributed by atoms with Gasteiger partial charge in [0.05, 0.1) is 23.1 Å². The number of hydrogen-bond donors (Lipinski definition) is 0. The molecule has 0 fully saturated rings. The van der Waals surface area contributed by atoms with E-state index in [-0.39, 0.29) is 11.7 Å². The second-order valence-electron chi connectivity index (χ2n) is 6.19. The third kappa shape index (κ3) is 2.48. The molecule has 0 aliphatic heterocycles. The van der Waals surface area contributed by atoms with Gasteiger partial charge in [-0.2, -0.15) is 5.10 Å². The van der Waals surface area contributed by atoms with Crippen LogP contribution in [0.4, 0.5) is 0 Å². The predicted molar refractivity (Wildman–Crippen MR) is 90.1 cm³/mol. The van der Waals surface area contributed by atoms with Crippen molar-refractivity contribution in [2.45, 2.75) is 25.7 Å². The fourth-order valence-electron chi connectivity index (χ4n) is 3.39. The summed E-state index contributed by atoms with van der Waals surface area (Å²) in [4.78, 5) is 12.5. The lowest BCUT2D eigenvalue weighted by Gasteiger charge is -2.23. The molecule has 1 aromatic heterocycles. The molecule has 114 valence electrons. The van der Waals surface area contributed by atoms with Gasteiger partial charge in [-0.25, -0.2) is 4.68 Å². The molecule has 0 amide bonds. The van der Waals surface area contributed by atoms with Crippen molar-refractivity contribution in [3.05, 3.63) is 83.2 Å². The summed E-state index contributed by atoms with van der Waals surface area (Å²) in [6, 6.07) is 18.5. The molecule has 1 heterocycles. The van der Waals surface area contributed by atoms with Crippen LogP contribution in [0.3, 0.4) is 0 Å². The SMILES string of the molecule is Cc1cccc([C@@H]2CC(=O)c3cnn(-c4ccccc4)c3C2)c1. The van der Waals surface area contributed by atoms with E-state index in [1.807, 2.05) is 35.0 Å². The van der Waals surface area contributed by atoms with E-state index >= 15 is 0 Å². The van der Waals surface area contributed by atoms with Crippen molar-refractivity contribution in [1.82, 2.24) is 9.78 Å². The van der Waals surface area contributed by atoms with Crippen molar-refractivity contribution in [3.8, 4) is 5.69 Å². The molecule has 0 spiro atoms. The number of fused-ring (bicyclic) bond motifs is 1. The van der Waals surface area contributed by atoms with Crippen LogP contribution >= 0.6 is 0 Å². The summed E-state index contributed by atoms with van der Waals surface area (Å²) in [6.07, 6.45) is 3.13. The minimum absolute atomic E-state index is 0.194. The Balaban J connectivity index is 1.76. The van der Waals surface area contributed by atoms with Gasteiger partial charge in [0.1, 0.15) is 0 Å². The summed E-state index contributed by atoms with van der Waals surface area (Å²) in [5, 5.41) is 4.46. The summed E-state index contributed by atoms with van der Waals surface area (Å²) in [5.41, 5.74) is 5.28. The molecule has 1 atom stereocenters. The number of para-hydroxylation sites is 1. The maximum absolute atomic E-state index is 12.5. The Morgan fingerprint density at radius 2 is 1.87 bits per heavy atom. The van der Waals surface area contributed by atoms with Crippen LogP contribution in [0, 0.1) is 6.92 Å². The lowest BCUT2D eigenvalue weighted by molar-refractivity contribution is 0.0963. The van der Waals surface area contributed by atoms with Gasteiger partial charge in [-0.3, -0.25) is 4.79 Å². The number of aryl methyl sites for hydroxylation is 1. The molecule has 23 heavy (non-hydrogen) atoms. The zero-order valence-electron chi connectivity index (χ0n) is 13.1. The first-order valence-corrected chi connectivity index (χ1v) is 7.94. The number of Topliss-reactive ketones (excluding diaryl/α,β-unsaturated/α-hetero) is 1. The summed E-state index contributed by atoms with van der Waals surface area (Å²) in [5.74, 6) is 0.425. The lowest BCUT2D eigenvalue weighted by atomic mass is 9.82. The number of aromatic nitrogens is 2. The summed E-state index contributed by atoms with van der Waals surface area (Å²) >= 11 is 0. The van der Waals surface area contributed by atoms with Crippen LogP contribution in [0.1, 0.15) is 39.5 Å². The van der Waals surface area contributed by atoms with Crippen molar-refractivity contribution < 1.29 is 4.79 Å². The van der Waals surface area contributed by atoms with Crippen LogP contribution in [0.5, 0.6) is 0 Å². The van der Waals surface area contributed by atoms with Crippen molar-refractivity contribution in [3.63, 3.8) is 0 Å². The maximum Gasteiger partial charge on any atom is 0.166 e. The van der Waals surface area contributed by atoms with Crippen LogP contribution in [0.25, 0.3) is 5.69 Å². The first-order valence-electron chi connectivity index (χ1n) is 7.94. The molecule has 4 rings (SSSR count). The minimum atomic E-state index is 0.194. The van der Waals surface area contributed by atoms with Gasteiger partial charge in [-0.1, -0.05) is 48.0 Å². The number of carbonyl (C=O) groups excluding carboxylic acids is 1. The van der Waals surface area contributed by atoms with Gasteiger partial charge in [0.2, 0.25) is 0 Å². The van der Waals surface area contributed by atoms with Gasteiger partial charge >= 0.3 is 0 Å². The molecule has 0 bridgehead atoms. The maximum atomic E-state index is 12.5. The number of benzene rings is 2. The molecule has 3 nitrogen and oxygen atoms in total. The van der Waals surface area contributed by atoms with Crippen LogP contribution in [-0.2, 0) is 6.42 Å². The van der Waals surface area contributed by atoms with Crippen molar-refractivity contribution >= 4 is 5.78 Å². The molecule has 0 radical (unpaired) electrons. The minimum Gasteiger partial charge on any atom is -0.294 e. The Kier molecular flexibility index (Phi) is 3.34. The standard InChI is InChI=1S/C20H18N2O/c1-14-6-5-7-15(10-14)16-11-19-18(20(23)12-16)13-21-22(19)17-8-3-2-4-9-17/h2-10,13,16H,11-12H2,1H3/t16-/m0/s1. The second kappa shape index (κ2) is 5.51. The number of nitrogens with zero attached hydrogens (tertiary/aromatic N) is 2. The highest BCUT2D eigenvalue weighted by molar-refractivity contribution is 5.98.